The van der Waals surface area contributed by atoms with Gasteiger partial charge >= 0.3 is 0 Å². The molecule has 2 aromatic carbocycles. The lowest BCUT2D eigenvalue weighted by Gasteiger charge is -2.27. The van der Waals surface area contributed by atoms with Crippen molar-refractivity contribution in [2.75, 3.05) is 17.7 Å². The van der Waals surface area contributed by atoms with Crippen LogP contribution in [0.3, 0.4) is 0 Å². The van der Waals surface area contributed by atoms with Gasteiger partial charge in [0.15, 0.2) is 11.5 Å². The molecule has 1 heterocycles. The molecule has 106 valence electrons. The Kier molecular flexibility index (Phi) is 3.14. The summed E-state index contributed by atoms with van der Waals surface area (Å²) >= 11 is 0. The van der Waals surface area contributed by atoms with Crippen LogP contribution in [0.25, 0.3) is 6.08 Å². The summed E-state index contributed by atoms with van der Waals surface area (Å²) in [5, 5.41) is 0. The zero-order chi connectivity index (χ0) is 15.0. The standard InChI is InChI=1S/C17H16N2O2/c1-11-4-3-5-12(8-11)9-16-17(20)19(2)14-7-6-13(18)10-15(14)21-16/h3-10H,18H2,1-2H3/b16-9+. The van der Waals surface area contributed by atoms with E-state index in [0.717, 1.165) is 16.8 Å². The average molecular weight is 280 g/mol. The van der Waals surface area contributed by atoms with Gasteiger partial charge in [-0.3, -0.25) is 4.79 Å². The fourth-order valence-electron chi connectivity index (χ4n) is 2.33. The molecule has 2 aromatic rings. The van der Waals surface area contributed by atoms with Gasteiger partial charge in [0.05, 0.1) is 5.69 Å². The first-order chi connectivity index (χ1) is 10.0. The number of anilines is 2. The predicted octanol–water partition coefficient (Wildman–Crippen LogP) is 2.97. The zero-order valence-corrected chi connectivity index (χ0v) is 12.0. The van der Waals surface area contributed by atoms with E-state index in [-0.39, 0.29) is 5.91 Å². The van der Waals surface area contributed by atoms with Crippen molar-refractivity contribution in [1.82, 2.24) is 0 Å². The molecule has 0 spiro atoms. The number of hydrogen-bond donors (Lipinski definition) is 1. The molecule has 21 heavy (non-hydrogen) atoms. The molecule has 0 saturated carbocycles. The lowest BCUT2D eigenvalue weighted by atomic mass is 10.1. The molecule has 0 bridgehead atoms. The molecular formula is C17H16N2O2. The summed E-state index contributed by atoms with van der Waals surface area (Å²) in [7, 11) is 1.73. The molecule has 4 heteroatoms. The highest BCUT2D eigenvalue weighted by molar-refractivity contribution is 6.09. The maximum Gasteiger partial charge on any atom is 0.293 e. The van der Waals surface area contributed by atoms with Crippen molar-refractivity contribution in [2.45, 2.75) is 6.92 Å². The molecular weight excluding hydrogens is 264 g/mol. The Morgan fingerprint density at radius 3 is 2.76 bits per heavy atom. The topological polar surface area (TPSA) is 55.6 Å². The van der Waals surface area contributed by atoms with Crippen molar-refractivity contribution in [3.63, 3.8) is 0 Å². The highest BCUT2D eigenvalue weighted by Gasteiger charge is 2.27. The van der Waals surface area contributed by atoms with Crippen LogP contribution in [0.15, 0.2) is 48.2 Å². The van der Waals surface area contributed by atoms with Gasteiger partial charge in [0.2, 0.25) is 0 Å². The quantitative estimate of drug-likeness (QED) is 0.645. The first-order valence-corrected chi connectivity index (χ1v) is 6.68. The molecule has 1 amide bonds. The summed E-state index contributed by atoms with van der Waals surface area (Å²) in [6.45, 7) is 2.01. The minimum absolute atomic E-state index is 0.172. The van der Waals surface area contributed by atoms with E-state index in [1.165, 1.54) is 0 Å². The summed E-state index contributed by atoms with van der Waals surface area (Å²) in [4.78, 5) is 13.9. The number of fused-ring (bicyclic) bond motifs is 1. The number of aryl methyl sites for hydroxylation is 1. The van der Waals surface area contributed by atoms with Crippen LogP contribution in [-0.4, -0.2) is 13.0 Å². The molecule has 4 nitrogen and oxygen atoms in total. The molecule has 0 saturated heterocycles. The van der Waals surface area contributed by atoms with Crippen LogP contribution in [0.1, 0.15) is 11.1 Å². The van der Waals surface area contributed by atoms with Crippen molar-refractivity contribution >= 4 is 23.4 Å². The van der Waals surface area contributed by atoms with Crippen molar-refractivity contribution < 1.29 is 9.53 Å². The molecule has 0 atom stereocenters. The Morgan fingerprint density at radius 1 is 1.19 bits per heavy atom. The molecule has 3 rings (SSSR count). The third-order valence-electron chi connectivity index (χ3n) is 3.42. The number of benzene rings is 2. The van der Waals surface area contributed by atoms with Gasteiger partial charge in [0.25, 0.3) is 5.91 Å². The van der Waals surface area contributed by atoms with Crippen LogP contribution in [-0.2, 0) is 4.79 Å². The molecule has 1 aliphatic heterocycles. The molecule has 0 unspecified atom stereocenters. The summed E-state index contributed by atoms with van der Waals surface area (Å²) in [5.41, 5.74) is 9.16. The van der Waals surface area contributed by atoms with E-state index in [9.17, 15) is 4.79 Å². The van der Waals surface area contributed by atoms with Gasteiger partial charge in [-0.2, -0.15) is 0 Å². The molecule has 0 aliphatic carbocycles. The first kappa shape index (κ1) is 13.2. The van der Waals surface area contributed by atoms with Gasteiger partial charge < -0.3 is 15.4 Å². The number of rotatable bonds is 1. The second kappa shape index (κ2) is 4.98. The lowest BCUT2D eigenvalue weighted by Crippen LogP contribution is -2.33. The monoisotopic (exact) mass is 280 g/mol. The van der Waals surface area contributed by atoms with Crippen LogP contribution in [0.2, 0.25) is 0 Å². The Labute approximate surface area is 123 Å². The van der Waals surface area contributed by atoms with Crippen LogP contribution in [0, 0.1) is 6.92 Å². The third-order valence-corrected chi connectivity index (χ3v) is 3.42. The largest absolute Gasteiger partial charge is 0.449 e. The number of ether oxygens (including phenoxy) is 1. The fourth-order valence-corrected chi connectivity index (χ4v) is 2.33. The summed E-state index contributed by atoms with van der Waals surface area (Å²) in [6, 6.07) is 13.2. The average Bonchev–Trinajstić information content (AvgIpc) is 2.44. The summed E-state index contributed by atoms with van der Waals surface area (Å²) < 4.78 is 5.73. The molecule has 0 radical (unpaired) electrons. The number of nitrogen functional groups attached to an aromatic ring is 1. The predicted molar refractivity (Wildman–Crippen MR) is 84.0 cm³/mol. The van der Waals surface area contributed by atoms with E-state index >= 15 is 0 Å². The second-order valence-corrected chi connectivity index (χ2v) is 5.12. The van der Waals surface area contributed by atoms with Crippen molar-refractivity contribution in [3.8, 4) is 5.75 Å². The van der Waals surface area contributed by atoms with E-state index < -0.39 is 0 Å². The van der Waals surface area contributed by atoms with E-state index in [2.05, 4.69) is 0 Å². The van der Waals surface area contributed by atoms with Crippen LogP contribution < -0.4 is 15.4 Å². The second-order valence-electron chi connectivity index (χ2n) is 5.12. The highest BCUT2D eigenvalue weighted by Crippen LogP contribution is 2.36. The van der Waals surface area contributed by atoms with Crippen molar-refractivity contribution in [1.29, 1.82) is 0 Å². The fraction of sp³-hybridized carbons (Fsp3) is 0.118. The molecule has 0 fully saturated rings. The third kappa shape index (κ3) is 2.48. The highest BCUT2D eigenvalue weighted by atomic mass is 16.5. The number of likely N-dealkylation sites (N-methyl/N-ethyl adjacent to an activating group) is 1. The smallest absolute Gasteiger partial charge is 0.293 e. The number of carbonyl (C=O) groups is 1. The van der Waals surface area contributed by atoms with Crippen LogP contribution in [0.4, 0.5) is 11.4 Å². The van der Waals surface area contributed by atoms with Gasteiger partial charge in [-0.05, 0) is 30.7 Å². The van der Waals surface area contributed by atoms with E-state index in [1.807, 2.05) is 31.2 Å². The van der Waals surface area contributed by atoms with E-state index in [0.29, 0.717) is 17.2 Å². The number of hydrogen-bond acceptors (Lipinski definition) is 3. The number of nitrogens with zero attached hydrogens (tertiary/aromatic N) is 1. The molecule has 1 aliphatic rings. The number of amides is 1. The minimum Gasteiger partial charge on any atom is -0.449 e. The number of carbonyl (C=O) groups excluding carboxylic acids is 1. The van der Waals surface area contributed by atoms with E-state index in [1.54, 1.807) is 36.2 Å². The van der Waals surface area contributed by atoms with E-state index in [4.69, 9.17) is 10.5 Å². The van der Waals surface area contributed by atoms with Crippen LogP contribution >= 0.6 is 0 Å². The van der Waals surface area contributed by atoms with Crippen molar-refractivity contribution in [3.05, 3.63) is 59.4 Å². The Hall–Kier alpha value is -2.75. The maximum absolute atomic E-state index is 12.4. The summed E-state index contributed by atoms with van der Waals surface area (Å²) in [5.74, 6) is 0.714. The normalized spacial score (nSPS) is 15.8. The first-order valence-electron chi connectivity index (χ1n) is 6.68. The van der Waals surface area contributed by atoms with Gasteiger partial charge in [-0.15, -0.1) is 0 Å². The van der Waals surface area contributed by atoms with Gasteiger partial charge in [-0.1, -0.05) is 29.8 Å². The Balaban J connectivity index is 2.03. The zero-order valence-electron chi connectivity index (χ0n) is 12.0. The molecule has 0 aromatic heterocycles. The SMILES string of the molecule is Cc1cccc(/C=C2/Oc3cc(N)ccc3N(C)C2=O)c1. The minimum atomic E-state index is -0.172. The lowest BCUT2D eigenvalue weighted by molar-refractivity contribution is -0.117. The maximum atomic E-state index is 12.4. The van der Waals surface area contributed by atoms with Gasteiger partial charge in [0, 0.05) is 18.8 Å². The van der Waals surface area contributed by atoms with Gasteiger partial charge in [0.1, 0.15) is 0 Å². The van der Waals surface area contributed by atoms with Crippen molar-refractivity contribution in [2.24, 2.45) is 0 Å². The summed E-state index contributed by atoms with van der Waals surface area (Å²) in [6.07, 6.45) is 1.75. The molecule has 2 N–H and O–H groups in total. The van der Waals surface area contributed by atoms with Crippen LogP contribution in [0.5, 0.6) is 5.75 Å². The van der Waals surface area contributed by atoms with Gasteiger partial charge in [-0.25, -0.2) is 0 Å². The number of nitrogens with two attached hydrogens (primary N) is 1. The Morgan fingerprint density at radius 2 is 2.00 bits per heavy atom. The Bertz CT molecular complexity index is 750.